The van der Waals surface area contributed by atoms with Crippen LogP contribution in [0.3, 0.4) is 0 Å². The minimum atomic E-state index is -0.847. The van der Waals surface area contributed by atoms with Gasteiger partial charge in [0, 0.05) is 11.6 Å². The monoisotopic (exact) mass is 253 g/mol. The molecule has 0 spiro atoms. The first-order chi connectivity index (χ1) is 8.38. The molecule has 1 rings (SSSR count). The first kappa shape index (κ1) is 14.2. The Hall–Kier alpha value is -1.91. The number of anilines is 1. The van der Waals surface area contributed by atoms with Crippen LogP contribution in [-0.2, 0) is 4.79 Å². The average molecular weight is 253 g/mol. The summed E-state index contributed by atoms with van der Waals surface area (Å²) < 4.78 is 10.4. The summed E-state index contributed by atoms with van der Waals surface area (Å²) >= 11 is 0. The molecule has 0 aliphatic heterocycles. The molecule has 18 heavy (non-hydrogen) atoms. The zero-order valence-corrected chi connectivity index (χ0v) is 11.1. The Kier molecular flexibility index (Phi) is 4.42. The molecule has 5 heteroatoms. The number of hydrogen-bond acceptors (Lipinski definition) is 4. The van der Waals surface area contributed by atoms with Gasteiger partial charge in [0.15, 0.2) is 0 Å². The standard InChI is InChI=1S/C13H19NO4/c1-13(2,8-12(15)16)14-10-6-5-9(17-3)7-11(10)18-4/h5-7,14H,8H2,1-4H3,(H,15,16). The number of aliphatic carboxylic acids is 1. The van der Waals surface area contributed by atoms with E-state index in [0.717, 1.165) is 5.69 Å². The molecule has 1 aromatic rings. The van der Waals surface area contributed by atoms with Gasteiger partial charge < -0.3 is 19.9 Å². The van der Waals surface area contributed by atoms with E-state index in [4.69, 9.17) is 14.6 Å². The molecule has 0 unspecified atom stereocenters. The quantitative estimate of drug-likeness (QED) is 0.814. The van der Waals surface area contributed by atoms with Crippen LogP contribution < -0.4 is 14.8 Å². The second-order valence-electron chi connectivity index (χ2n) is 4.65. The zero-order valence-electron chi connectivity index (χ0n) is 11.1. The van der Waals surface area contributed by atoms with Gasteiger partial charge in [0.2, 0.25) is 0 Å². The number of carboxylic acids is 1. The Bertz CT molecular complexity index is 429. The van der Waals surface area contributed by atoms with Crippen molar-refractivity contribution in [3.8, 4) is 11.5 Å². The highest BCUT2D eigenvalue weighted by atomic mass is 16.5. The Morgan fingerprint density at radius 3 is 2.50 bits per heavy atom. The van der Waals surface area contributed by atoms with Gasteiger partial charge in [0.25, 0.3) is 0 Å². The largest absolute Gasteiger partial charge is 0.497 e. The second kappa shape index (κ2) is 5.62. The summed E-state index contributed by atoms with van der Waals surface area (Å²) in [6.45, 7) is 3.65. The summed E-state index contributed by atoms with van der Waals surface area (Å²) in [6.07, 6.45) is 0.0161. The lowest BCUT2D eigenvalue weighted by Gasteiger charge is -2.26. The first-order valence-electron chi connectivity index (χ1n) is 5.60. The summed E-state index contributed by atoms with van der Waals surface area (Å²) in [5.41, 5.74) is 0.179. The van der Waals surface area contributed by atoms with E-state index >= 15 is 0 Å². The van der Waals surface area contributed by atoms with Crippen LogP contribution in [0.15, 0.2) is 18.2 Å². The van der Waals surface area contributed by atoms with Crippen molar-refractivity contribution in [3.63, 3.8) is 0 Å². The predicted octanol–water partition coefficient (Wildman–Crippen LogP) is 2.37. The summed E-state index contributed by atoms with van der Waals surface area (Å²) in [5.74, 6) is 0.459. The highest BCUT2D eigenvalue weighted by molar-refractivity contribution is 5.70. The average Bonchev–Trinajstić information content (AvgIpc) is 2.27. The SMILES string of the molecule is COc1ccc(NC(C)(C)CC(=O)O)c(OC)c1. The van der Waals surface area contributed by atoms with Crippen molar-refractivity contribution >= 4 is 11.7 Å². The van der Waals surface area contributed by atoms with Gasteiger partial charge in [-0.3, -0.25) is 4.79 Å². The van der Waals surface area contributed by atoms with E-state index in [1.54, 1.807) is 32.4 Å². The van der Waals surface area contributed by atoms with Crippen molar-refractivity contribution in [3.05, 3.63) is 18.2 Å². The van der Waals surface area contributed by atoms with Gasteiger partial charge in [-0.25, -0.2) is 0 Å². The minimum Gasteiger partial charge on any atom is -0.497 e. The maximum absolute atomic E-state index is 10.8. The molecule has 0 aliphatic rings. The number of rotatable bonds is 6. The van der Waals surface area contributed by atoms with Gasteiger partial charge in [-0.15, -0.1) is 0 Å². The van der Waals surface area contributed by atoms with Crippen LogP contribution in [0.25, 0.3) is 0 Å². The molecule has 0 atom stereocenters. The van der Waals surface area contributed by atoms with Gasteiger partial charge >= 0.3 is 5.97 Å². The van der Waals surface area contributed by atoms with Crippen LogP contribution in [0.1, 0.15) is 20.3 Å². The van der Waals surface area contributed by atoms with E-state index in [2.05, 4.69) is 5.32 Å². The third-order valence-corrected chi connectivity index (χ3v) is 2.47. The third-order valence-electron chi connectivity index (χ3n) is 2.47. The predicted molar refractivity (Wildman–Crippen MR) is 69.5 cm³/mol. The fourth-order valence-corrected chi connectivity index (χ4v) is 1.69. The van der Waals surface area contributed by atoms with Gasteiger partial charge in [0.1, 0.15) is 11.5 Å². The van der Waals surface area contributed by atoms with E-state index in [0.29, 0.717) is 11.5 Å². The third kappa shape index (κ3) is 3.84. The van der Waals surface area contributed by atoms with E-state index in [-0.39, 0.29) is 6.42 Å². The highest BCUT2D eigenvalue weighted by Crippen LogP contribution is 2.31. The van der Waals surface area contributed by atoms with Crippen LogP contribution in [0.4, 0.5) is 5.69 Å². The molecule has 0 heterocycles. The number of benzene rings is 1. The van der Waals surface area contributed by atoms with Crippen molar-refractivity contribution in [2.24, 2.45) is 0 Å². The second-order valence-corrected chi connectivity index (χ2v) is 4.65. The number of methoxy groups -OCH3 is 2. The molecule has 0 radical (unpaired) electrons. The Labute approximate surface area is 107 Å². The van der Waals surface area contributed by atoms with Gasteiger partial charge in [-0.05, 0) is 26.0 Å². The minimum absolute atomic E-state index is 0.0161. The molecule has 0 amide bonds. The summed E-state index contributed by atoms with van der Waals surface area (Å²) in [6, 6.07) is 5.35. The normalized spacial score (nSPS) is 10.9. The van der Waals surface area contributed by atoms with Gasteiger partial charge in [-0.1, -0.05) is 0 Å². The number of carbonyl (C=O) groups is 1. The Morgan fingerprint density at radius 1 is 1.33 bits per heavy atom. The molecular weight excluding hydrogens is 234 g/mol. The molecule has 0 saturated carbocycles. The molecule has 0 aromatic heterocycles. The van der Waals surface area contributed by atoms with E-state index < -0.39 is 11.5 Å². The van der Waals surface area contributed by atoms with Crippen LogP contribution in [0.5, 0.6) is 11.5 Å². The van der Waals surface area contributed by atoms with Crippen molar-refractivity contribution in [1.29, 1.82) is 0 Å². The van der Waals surface area contributed by atoms with Crippen molar-refractivity contribution in [2.75, 3.05) is 19.5 Å². The van der Waals surface area contributed by atoms with Crippen LogP contribution in [0.2, 0.25) is 0 Å². The van der Waals surface area contributed by atoms with Gasteiger partial charge in [0.05, 0.1) is 26.3 Å². The fraction of sp³-hybridized carbons (Fsp3) is 0.462. The molecule has 5 nitrogen and oxygen atoms in total. The van der Waals surface area contributed by atoms with E-state index in [1.165, 1.54) is 0 Å². The smallest absolute Gasteiger partial charge is 0.305 e. The summed E-state index contributed by atoms with van der Waals surface area (Å²) in [5, 5.41) is 12.0. The molecule has 2 N–H and O–H groups in total. The van der Waals surface area contributed by atoms with E-state index in [9.17, 15) is 4.79 Å². The number of carboxylic acid groups (broad SMARTS) is 1. The topological polar surface area (TPSA) is 67.8 Å². The molecule has 100 valence electrons. The van der Waals surface area contributed by atoms with Crippen LogP contribution in [-0.4, -0.2) is 30.8 Å². The van der Waals surface area contributed by atoms with Crippen molar-refractivity contribution in [2.45, 2.75) is 25.8 Å². The van der Waals surface area contributed by atoms with Gasteiger partial charge in [-0.2, -0.15) is 0 Å². The molecule has 0 fully saturated rings. The van der Waals surface area contributed by atoms with E-state index in [1.807, 2.05) is 13.8 Å². The fourth-order valence-electron chi connectivity index (χ4n) is 1.69. The lowest BCUT2D eigenvalue weighted by molar-refractivity contribution is -0.137. The first-order valence-corrected chi connectivity index (χ1v) is 5.60. The van der Waals surface area contributed by atoms with Crippen LogP contribution >= 0.6 is 0 Å². The van der Waals surface area contributed by atoms with Crippen molar-refractivity contribution < 1.29 is 19.4 Å². The maximum atomic E-state index is 10.8. The van der Waals surface area contributed by atoms with Crippen molar-refractivity contribution in [1.82, 2.24) is 0 Å². The lowest BCUT2D eigenvalue weighted by atomic mass is 10.00. The lowest BCUT2D eigenvalue weighted by Crippen LogP contribution is -2.33. The molecule has 0 saturated heterocycles. The maximum Gasteiger partial charge on any atom is 0.305 e. The Balaban J connectivity index is 2.93. The molecular formula is C13H19NO4. The summed E-state index contributed by atoms with van der Waals surface area (Å²) in [4.78, 5) is 10.8. The number of hydrogen-bond donors (Lipinski definition) is 2. The molecule has 1 aromatic carbocycles. The number of ether oxygens (including phenoxy) is 2. The number of nitrogens with one attached hydrogen (secondary N) is 1. The summed E-state index contributed by atoms with van der Waals surface area (Å²) in [7, 11) is 3.14. The molecule has 0 bridgehead atoms. The van der Waals surface area contributed by atoms with Crippen LogP contribution in [0, 0.1) is 0 Å². The molecule has 0 aliphatic carbocycles. The zero-order chi connectivity index (χ0) is 13.8. The highest BCUT2D eigenvalue weighted by Gasteiger charge is 2.22. The Morgan fingerprint density at radius 2 is 2.00 bits per heavy atom.